The standard InChI is InChI=1S/C16H25N3/c1-3-5-8-14(4-2)11-17-12-15-13-18-19-10-7-6-9-16(15)19/h6-7,9-10,13-14,17H,3-5,8,11-12H2,1-2H3. The lowest BCUT2D eigenvalue weighted by Crippen LogP contribution is -2.22. The zero-order valence-electron chi connectivity index (χ0n) is 12.1. The smallest absolute Gasteiger partial charge is 0.0706 e. The topological polar surface area (TPSA) is 29.3 Å². The Morgan fingerprint density at radius 1 is 1.32 bits per heavy atom. The van der Waals surface area contributed by atoms with Gasteiger partial charge in [-0.15, -0.1) is 0 Å². The molecule has 3 heteroatoms. The van der Waals surface area contributed by atoms with E-state index >= 15 is 0 Å². The summed E-state index contributed by atoms with van der Waals surface area (Å²) < 4.78 is 1.94. The number of pyridine rings is 1. The molecule has 0 saturated carbocycles. The second-order valence-corrected chi connectivity index (χ2v) is 5.25. The van der Waals surface area contributed by atoms with Crippen LogP contribution in [0.4, 0.5) is 0 Å². The predicted octanol–water partition coefficient (Wildman–Crippen LogP) is 3.64. The molecule has 0 aliphatic heterocycles. The van der Waals surface area contributed by atoms with E-state index in [-0.39, 0.29) is 0 Å². The van der Waals surface area contributed by atoms with Crippen molar-refractivity contribution in [3.63, 3.8) is 0 Å². The van der Waals surface area contributed by atoms with Crippen LogP contribution < -0.4 is 5.32 Å². The highest BCUT2D eigenvalue weighted by Gasteiger charge is 2.07. The van der Waals surface area contributed by atoms with Crippen LogP contribution in [0.15, 0.2) is 30.6 Å². The molecule has 2 aromatic rings. The number of aromatic nitrogens is 2. The number of nitrogens with zero attached hydrogens (tertiary/aromatic N) is 2. The fourth-order valence-corrected chi connectivity index (χ4v) is 2.48. The number of unbranched alkanes of at least 4 members (excludes halogenated alkanes) is 1. The summed E-state index contributed by atoms with van der Waals surface area (Å²) in [7, 11) is 0. The lowest BCUT2D eigenvalue weighted by Gasteiger charge is -2.14. The molecule has 0 saturated heterocycles. The highest BCUT2D eigenvalue weighted by Crippen LogP contribution is 2.13. The number of hydrogen-bond donors (Lipinski definition) is 1. The van der Waals surface area contributed by atoms with Crippen molar-refractivity contribution in [2.24, 2.45) is 5.92 Å². The molecular formula is C16H25N3. The molecule has 104 valence electrons. The van der Waals surface area contributed by atoms with Gasteiger partial charge in [0.2, 0.25) is 0 Å². The van der Waals surface area contributed by atoms with Gasteiger partial charge in [-0.3, -0.25) is 0 Å². The molecule has 3 nitrogen and oxygen atoms in total. The van der Waals surface area contributed by atoms with Crippen LogP contribution >= 0.6 is 0 Å². The largest absolute Gasteiger partial charge is 0.312 e. The van der Waals surface area contributed by atoms with E-state index in [2.05, 4.69) is 36.4 Å². The molecule has 0 aliphatic carbocycles. The van der Waals surface area contributed by atoms with Crippen molar-refractivity contribution in [3.8, 4) is 0 Å². The van der Waals surface area contributed by atoms with Gasteiger partial charge in [0.1, 0.15) is 0 Å². The lowest BCUT2D eigenvalue weighted by molar-refractivity contribution is 0.419. The Bertz CT molecular complexity index is 489. The molecule has 0 aromatic carbocycles. The minimum atomic E-state index is 0.807. The van der Waals surface area contributed by atoms with Crippen molar-refractivity contribution in [1.82, 2.24) is 14.9 Å². The maximum absolute atomic E-state index is 4.36. The summed E-state index contributed by atoms with van der Waals surface area (Å²) in [6.07, 6.45) is 9.21. The van der Waals surface area contributed by atoms with Crippen LogP contribution in [0.25, 0.3) is 5.52 Å². The zero-order chi connectivity index (χ0) is 13.5. The van der Waals surface area contributed by atoms with Crippen molar-refractivity contribution >= 4 is 5.52 Å². The first-order valence-electron chi connectivity index (χ1n) is 7.47. The molecule has 1 N–H and O–H groups in total. The molecule has 2 rings (SSSR count). The van der Waals surface area contributed by atoms with Gasteiger partial charge in [-0.1, -0.05) is 39.2 Å². The summed E-state index contributed by atoms with van der Waals surface area (Å²) in [4.78, 5) is 0. The normalized spacial score (nSPS) is 12.9. The third kappa shape index (κ3) is 3.80. The van der Waals surface area contributed by atoms with E-state index in [1.807, 2.05) is 23.0 Å². The van der Waals surface area contributed by atoms with E-state index < -0.39 is 0 Å². The number of nitrogens with one attached hydrogen (secondary N) is 1. The van der Waals surface area contributed by atoms with E-state index in [0.717, 1.165) is 19.0 Å². The Hall–Kier alpha value is -1.35. The lowest BCUT2D eigenvalue weighted by atomic mass is 9.99. The van der Waals surface area contributed by atoms with Gasteiger partial charge in [0.15, 0.2) is 0 Å². The molecule has 0 amide bonds. The van der Waals surface area contributed by atoms with Crippen LogP contribution in [-0.2, 0) is 6.54 Å². The minimum absolute atomic E-state index is 0.807. The van der Waals surface area contributed by atoms with Crippen molar-refractivity contribution < 1.29 is 0 Å². The summed E-state index contributed by atoms with van der Waals surface area (Å²) >= 11 is 0. The van der Waals surface area contributed by atoms with Gasteiger partial charge in [-0.2, -0.15) is 5.10 Å². The third-order valence-electron chi connectivity index (χ3n) is 3.80. The Labute approximate surface area is 116 Å². The summed E-state index contributed by atoms with van der Waals surface area (Å²) in [6.45, 7) is 6.58. The zero-order valence-corrected chi connectivity index (χ0v) is 12.1. The predicted molar refractivity (Wildman–Crippen MR) is 80.2 cm³/mol. The molecule has 2 heterocycles. The van der Waals surface area contributed by atoms with Crippen LogP contribution in [0.5, 0.6) is 0 Å². The number of hydrogen-bond acceptors (Lipinski definition) is 2. The highest BCUT2D eigenvalue weighted by molar-refractivity contribution is 5.53. The minimum Gasteiger partial charge on any atom is -0.312 e. The van der Waals surface area contributed by atoms with Gasteiger partial charge in [0.25, 0.3) is 0 Å². The fraction of sp³-hybridized carbons (Fsp3) is 0.562. The molecule has 0 aliphatic rings. The molecule has 0 radical (unpaired) electrons. The average molecular weight is 259 g/mol. The quantitative estimate of drug-likeness (QED) is 0.784. The Morgan fingerprint density at radius 3 is 3.00 bits per heavy atom. The van der Waals surface area contributed by atoms with Gasteiger partial charge < -0.3 is 5.32 Å². The van der Waals surface area contributed by atoms with Crippen molar-refractivity contribution in [2.75, 3.05) is 6.54 Å². The number of rotatable bonds is 8. The highest BCUT2D eigenvalue weighted by atomic mass is 15.2. The molecule has 0 bridgehead atoms. The maximum atomic E-state index is 4.36. The van der Waals surface area contributed by atoms with Gasteiger partial charge in [0, 0.05) is 18.3 Å². The second kappa shape index (κ2) is 7.29. The van der Waals surface area contributed by atoms with Crippen molar-refractivity contribution in [1.29, 1.82) is 0 Å². The second-order valence-electron chi connectivity index (χ2n) is 5.25. The summed E-state index contributed by atoms with van der Waals surface area (Å²) in [5.41, 5.74) is 2.49. The first kappa shape index (κ1) is 14.1. The van der Waals surface area contributed by atoms with E-state index in [4.69, 9.17) is 0 Å². The summed E-state index contributed by atoms with van der Waals surface area (Å²) in [5, 5.41) is 7.95. The van der Waals surface area contributed by atoms with E-state index in [1.165, 1.54) is 36.8 Å². The van der Waals surface area contributed by atoms with Gasteiger partial charge in [0.05, 0.1) is 11.7 Å². The first-order valence-corrected chi connectivity index (χ1v) is 7.47. The third-order valence-corrected chi connectivity index (χ3v) is 3.80. The van der Waals surface area contributed by atoms with E-state index in [9.17, 15) is 0 Å². The molecule has 1 atom stereocenters. The molecule has 1 unspecified atom stereocenters. The van der Waals surface area contributed by atoms with Gasteiger partial charge in [-0.25, -0.2) is 4.52 Å². The first-order chi connectivity index (χ1) is 9.35. The Kier molecular flexibility index (Phi) is 5.40. The van der Waals surface area contributed by atoms with Gasteiger partial charge >= 0.3 is 0 Å². The summed E-state index contributed by atoms with van der Waals surface area (Å²) in [6, 6.07) is 6.20. The Balaban J connectivity index is 1.85. The van der Waals surface area contributed by atoms with Crippen LogP contribution in [0, 0.1) is 5.92 Å². The molecule has 0 fully saturated rings. The van der Waals surface area contributed by atoms with Crippen molar-refractivity contribution in [3.05, 3.63) is 36.2 Å². The van der Waals surface area contributed by atoms with Crippen LogP contribution in [0.1, 0.15) is 45.1 Å². The molecule has 19 heavy (non-hydrogen) atoms. The van der Waals surface area contributed by atoms with Crippen LogP contribution in [-0.4, -0.2) is 16.2 Å². The van der Waals surface area contributed by atoms with Crippen LogP contribution in [0.3, 0.4) is 0 Å². The van der Waals surface area contributed by atoms with Gasteiger partial charge in [-0.05, 0) is 31.0 Å². The maximum Gasteiger partial charge on any atom is 0.0706 e. The average Bonchev–Trinajstić information content (AvgIpc) is 2.86. The molecule has 2 aromatic heterocycles. The SMILES string of the molecule is CCCCC(CC)CNCc1cnn2ccccc12. The van der Waals surface area contributed by atoms with Crippen molar-refractivity contribution in [2.45, 2.75) is 46.1 Å². The summed E-state index contributed by atoms with van der Waals surface area (Å²) in [5.74, 6) is 0.807. The molecular weight excluding hydrogens is 234 g/mol. The monoisotopic (exact) mass is 259 g/mol. The van der Waals surface area contributed by atoms with E-state index in [0.29, 0.717) is 0 Å². The Morgan fingerprint density at radius 2 is 2.21 bits per heavy atom. The van der Waals surface area contributed by atoms with E-state index in [1.54, 1.807) is 0 Å². The number of fused-ring (bicyclic) bond motifs is 1. The molecule has 0 spiro atoms. The van der Waals surface area contributed by atoms with Crippen LogP contribution in [0.2, 0.25) is 0 Å². The fourth-order valence-electron chi connectivity index (χ4n) is 2.48.